The van der Waals surface area contributed by atoms with Crippen LogP contribution in [0.2, 0.25) is 0 Å². The van der Waals surface area contributed by atoms with E-state index in [-0.39, 0.29) is 23.3 Å². The number of aromatic nitrogens is 1. The van der Waals surface area contributed by atoms with Crippen LogP contribution in [-0.2, 0) is 0 Å². The van der Waals surface area contributed by atoms with Crippen molar-refractivity contribution in [2.24, 2.45) is 0 Å². The second-order valence-electron chi connectivity index (χ2n) is 4.73. The molecule has 1 aromatic heterocycles. The van der Waals surface area contributed by atoms with Crippen molar-refractivity contribution < 1.29 is 9.18 Å². The van der Waals surface area contributed by atoms with Crippen molar-refractivity contribution in [3.8, 4) is 5.69 Å². The standard InChI is InChI=1S/C15H15FN2O2/c1-10(2)17-15(20)11-3-8-14(19)18(9-11)13-6-4-12(16)5-7-13/h3-10H,1-2H3,(H,17,20). The van der Waals surface area contributed by atoms with E-state index < -0.39 is 0 Å². The minimum Gasteiger partial charge on any atom is -0.350 e. The van der Waals surface area contributed by atoms with Gasteiger partial charge in [-0.1, -0.05) is 0 Å². The summed E-state index contributed by atoms with van der Waals surface area (Å²) in [6.45, 7) is 3.71. The minimum absolute atomic E-state index is 0.00805. The highest BCUT2D eigenvalue weighted by molar-refractivity contribution is 5.94. The second kappa shape index (κ2) is 5.69. The van der Waals surface area contributed by atoms with Crippen molar-refractivity contribution in [3.05, 3.63) is 64.3 Å². The number of rotatable bonds is 3. The lowest BCUT2D eigenvalue weighted by Crippen LogP contribution is -2.31. The molecule has 1 amide bonds. The van der Waals surface area contributed by atoms with E-state index in [1.54, 1.807) is 0 Å². The third-order valence-electron chi connectivity index (χ3n) is 2.70. The largest absolute Gasteiger partial charge is 0.350 e. The summed E-state index contributed by atoms with van der Waals surface area (Å²) in [5.74, 6) is -0.633. The van der Waals surface area contributed by atoms with E-state index in [0.29, 0.717) is 11.3 Å². The number of nitrogens with one attached hydrogen (secondary N) is 1. The fourth-order valence-corrected chi connectivity index (χ4v) is 1.77. The van der Waals surface area contributed by atoms with E-state index in [4.69, 9.17) is 0 Å². The van der Waals surface area contributed by atoms with Crippen LogP contribution in [0.15, 0.2) is 47.4 Å². The van der Waals surface area contributed by atoms with Gasteiger partial charge in [-0.2, -0.15) is 0 Å². The van der Waals surface area contributed by atoms with Crippen LogP contribution >= 0.6 is 0 Å². The van der Waals surface area contributed by atoms with Crippen molar-refractivity contribution in [2.45, 2.75) is 19.9 Å². The molecule has 1 aromatic carbocycles. The van der Waals surface area contributed by atoms with Gasteiger partial charge in [0.25, 0.3) is 11.5 Å². The highest BCUT2D eigenvalue weighted by Gasteiger charge is 2.09. The first-order valence-electron chi connectivity index (χ1n) is 6.27. The number of halogens is 1. The van der Waals surface area contributed by atoms with Gasteiger partial charge in [0.05, 0.1) is 5.56 Å². The maximum atomic E-state index is 12.9. The molecule has 0 radical (unpaired) electrons. The molecule has 0 fully saturated rings. The molecule has 5 heteroatoms. The molecule has 0 aliphatic heterocycles. The van der Waals surface area contributed by atoms with Gasteiger partial charge in [-0.05, 0) is 44.2 Å². The molecule has 1 N–H and O–H groups in total. The number of carbonyl (C=O) groups excluding carboxylic acids is 1. The van der Waals surface area contributed by atoms with Gasteiger partial charge in [-0.25, -0.2) is 4.39 Å². The minimum atomic E-state index is -0.379. The maximum Gasteiger partial charge on any atom is 0.255 e. The van der Waals surface area contributed by atoms with Gasteiger partial charge in [-0.15, -0.1) is 0 Å². The van der Waals surface area contributed by atoms with Crippen LogP contribution in [0.3, 0.4) is 0 Å². The number of amides is 1. The molecule has 4 nitrogen and oxygen atoms in total. The zero-order chi connectivity index (χ0) is 14.7. The second-order valence-corrected chi connectivity index (χ2v) is 4.73. The zero-order valence-electron chi connectivity index (χ0n) is 11.3. The Morgan fingerprint density at radius 3 is 2.40 bits per heavy atom. The first-order valence-corrected chi connectivity index (χ1v) is 6.27. The van der Waals surface area contributed by atoms with Crippen molar-refractivity contribution in [1.82, 2.24) is 9.88 Å². The van der Waals surface area contributed by atoms with Crippen LogP contribution in [0.25, 0.3) is 5.69 Å². The van der Waals surface area contributed by atoms with Gasteiger partial charge in [0, 0.05) is 24.0 Å². The molecular weight excluding hydrogens is 259 g/mol. The van der Waals surface area contributed by atoms with E-state index in [1.165, 1.54) is 47.2 Å². The predicted molar refractivity (Wildman–Crippen MR) is 74.6 cm³/mol. The fourth-order valence-electron chi connectivity index (χ4n) is 1.77. The molecular formula is C15H15FN2O2. The highest BCUT2D eigenvalue weighted by Crippen LogP contribution is 2.08. The number of pyridine rings is 1. The topological polar surface area (TPSA) is 51.1 Å². The summed E-state index contributed by atoms with van der Waals surface area (Å²) in [7, 11) is 0. The Labute approximate surface area is 115 Å². The number of nitrogens with zero attached hydrogens (tertiary/aromatic N) is 1. The molecule has 20 heavy (non-hydrogen) atoms. The van der Waals surface area contributed by atoms with Crippen LogP contribution in [-0.4, -0.2) is 16.5 Å². The third kappa shape index (κ3) is 3.12. The zero-order valence-corrected chi connectivity index (χ0v) is 11.3. The Kier molecular flexibility index (Phi) is 3.98. The number of hydrogen-bond acceptors (Lipinski definition) is 2. The van der Waals surface area contributed by atoms with Crippen LogP contribution < -0.4 is 10.9 Å². The van der Waals surface area contributed by atoms with E-state index in [2.05, 4.69) is 5.32 Å². The first-order chi connectivity index (χ1) is 9.47. The number of benzene rings is 1. The molecule has 0 bridgehead atoms. The van der Waals surface area contributed by atoms with E-state index >= 15 is 0 Å². The molecule has 0 atom stereocenters. The van der Waals surface area contributed by atoms with Gasteiger partial charge in [0.1, 0.15) is 5.82 Å². The normalized spacial score (nSPS) is 10.6. The van der Waals surface area contributed by atoms with Crippen LogP contribution in [0.4, 0.5) is 4.39 Å². The van der Waals surface area contributed by atoms with Crippen molar-refractivity contribution in [2.75, 3.05) is 0 Å². The fraction of sp³-hybridized carbons (Fsp3) is 0.200. The molecule has 1 heterocycles. The summed E-state index contributed by atoms with van der Waals surface area (Å²) in [5.41, 5.74) is 0.607. The monoisotopic (exact) mass is 274 g/mol. The summed E-state index contributed by atoms with van der Waals surface area (Å²) in [6.07, 6.45) is 1.45. The van der Waals surface area contributed by atoms with E-state index in [9.17, 15) is 14.0 Å². The number of hydrogen-bond donors (Lipinski definition) is 1. The summed E-state index contributed by atoms with van der Waals surface area (Å²) in [5, 5.41) is 2.75. The molecule has 0 unspecified atom stereocenters. The smallest absolute Gasteiger partial charge is 0.255 e. The van der Waals surface area contributed by atoms with Crippen LogP contribution in [0.1, 0.15) is 24.2 Å². The summed E-state index contributed by atoms with van der Waals surface area (Å²) >= 11 is 0. The molecule has 0 saturated carbocycles. The lowest BCUT2D eigenvalue weighted by atomic mass is 10.2. The SMILES string of the molecule is CC(C)NC(=O)c1ccc(=O)n(-c2ccc(F)cc2)c1. The van der Waals surface area contributed by atoms with Gasteiger partial charge >= 0.3 is 0 Å². The lowest BCUT2D eigenvalue weighted by molar-refractivity contribution is 0.0942. The quantitative estimate of drug-likeness (QED) is 0.932. The molecule has 104 valence electrons. The van der Waals surface area contributed by atoms with Gasteiger partial charge < -0.3 is 5.32 Å². The van der Waals surface area contributed by atoms with Gasteiger partial charge in [-0.3, -0.25) is 14.2 Å². The maximum absolute atomic E-state index is 12.9. The molecule has 0 spiro atoms. The van der Waals surface area contributed by atoms with Gasteiger partial charge in [0.2, 0.25) is 0 Å². The lowest BCUT2D eigenvalue weighted by Gasteiger charge is -2.10. The molecule has 2 rings (SSSR count). The Morgan fingerprint density at radius 1 is 1.15 bits per heavy atom. The summed E-state index contributed by atoms with van der Waals surface area (Å²) < 4.78 is 14.2. The van der Waals surface area contributed by atoms with Crippen molar-refractivity contribution in [3.63, 3.8) is 0 Å². The Balaban J connectivity index is 2.41. The van der Waals surface area contributed by atoms with Crippen molar-refractivity contribution in [1.29, 1.82) is 0 Å². The third-order valence-corrected chi connectivity index (χ3v) is 2.70. The Morgan fingerprint density at radius 2 is 1.80 bits per heavy atom. The Hall–Kier alpha value is -2.43. The molecule has 0 saturated heterocycles. The summed E-state index contributed by atoms with van der Waals surface area (Å²) in [4.78, 5) is 23.8. The summed E-state index contributed by atoms with van der Waals surface area (Å²) in [6, 6.07) is 8.31. The van der Waals surface area contributed by atoms with Crippen molar-refractivity contribution >= 4 is 5.91 Å². The van der Waals surface area contributed by atoms with Crippen LogP contribution in [0.5, 0.6) is 0 Å². The van der Waals surface area contributed by atoms with E-state index in [1.807, 2.05) is 13.8 Å². The highest BCUT2D eigenvalue weighted by atomic mass is 19.1. The number of carbonyl (C=O) groups is 1. The van der Waals surface area contributed by atoms with E-state index in [0.717, 1.165) is 0 Å². The molecule has 0 aliphatic carbocycles. The molecule has 2 aromatic rings. The molecule has 0 aliphatic rings. The Bertz CT molecular complexity index is 675. The first kappa shape index (κ1) is 14.0. The average molecular weight is 274 g/mol. The van der Waals surface area contributed by atoms with Gasteiger partial charge in [0.15, 0.2) is 0 Å². The average Bonchev–Trinajstić information content (AvgIpc) is 2.39. The predicted octanol–water partition coefficient (Wildman–Crippen LogP) is 2.11. The van der Waals surface area contributed by atoms with Crippen LogP contribution in [0, 0.1) is 5.82 Å².